The Bertz CT molecular complexity index is 499. The minimum Gasteiger partial charge on any atom is -0.360 e. The van der Waals surface area contributed by atoms with E-state index in [1.54, 1.807) is 0 Å². The summed E-state index contributed by atoms with van der Waals surface area (Å²) in [5.74, 6) is -1.74. The molecule has 0 saturated carbocycles. The smallest absolute Gasteiger partial charge is 0.205 e. The van der Waals surface area contributed by atoms with Crippen molar-refractivity contribution in [2.24, 2.45) is 0 Å². The molecule has 16 heavy (non-hydrogen) atoms. The zero-order valence-electron chi connectivity index (χ0n) is 8.50. The number of aromatic nitrogens is 2. The minimum absolute atomic E-state index is 0.528. The Labute approximate surface area is 95.1 Å². The van der Waals surface area contributed by atoms with Gasteiger partial charge in [0, 0.05) is 12.1 Å². The summed E-state index contributed by atoms with van der Waals surface area (Å²) in [5.41, 5.74) is 0.528. The molecule has 0 aliphatic heterocycles. The van der Waals surface area contributed by atoms with Crippen molar-refractivity contribution in [2.75, 3.05) is 11.9 Å². The SMILES string of the molecule is CCNc1nnc(-c2ccc(F)c(F)c2)s1. The molecule has 1 aromatic carbocycles. The second kappa shape index (κ2) is 4.52. The molecule has 0 radical (unpaired) electrons. The molecule has 2 rings (SSSR count). The highest BCUT2D eigenvalue weighted by Crippen LogP contribution is 2.27. The van der Waals surface area contributed by atoms with Crippen LogP contribution in [-0.2, 0) is 0 Å². The van der Waals surface area contributed by atoms with Crippen LogP contribution in [0.15, 0.2) is 18.2 Å². The lowest BCUT2D eigenvalue weighted by molar-refractivity contribution is 0.509. The maximum atomic E-state index is 13.0. The van der Waals surface area contributed by atoms with Crippen LogP contribution in [0.4, 0.5) is 13.9 Å². The molecule has 0 amide bonds. The summed E-state index contributed by atoms with van der Waals surface area (Å²) < 4.78 is 25.7. The Balaban J connectivity index is 2.31. The number of rotatable bonds is 3. The molecule has 0 fully saturated rings. The third kappa shape index (κ3) is 2.16. The first-order valence-corrected chi connectivity index (χ1v) is 5.55. The number of anilines is 1. The van der Waals surface area contributed by atoms with Gasteiger partial charge in [-0.3, -0.25) is 0 Å². The molecule has 0 bridgehead atoms. The average molecular weight is 241 g/mol. The summed E-state index contributed by atoms with van der Waals surface area (Å²) >= 11 is 1.30. The summed E-state index contributed by atoms with van der Waals surface area (Å²) in [6.07, 6.45) is 0. The molecule has 3 nitrogen and oxygen atoms in total. The molecule has 1 heterocycles. The van der Waals surface area contributed by atoms with E-state index >= 15 is 0 Å². The number of hydrogen-bond donors (Lipinski definition) is 1. The Hall–Kier alpha value is -1.56. The Morgan fingerprint density at radius 3 is 2.75 bits per heavy atom. The number of benzene rings is 1. The van der Waals surface area contributed by atoms with E-state index in [4.69, 9.17) is 0 Å². The summed E-state index contributed by atoms with van der Waals surface area (Å²) in [6.45, 7) is 2.69. The monoisotopic (exact) mass is 241 g/mol. The quantitative estimate of drug-likeness (QED) is 0.897. The number of nitrogens with one attached hydrogen (secondary N) is 1. The molecular weight excluding hydrogens is 232 g/mol. The van der Waals surface area contributed by atoms with Crippen LogP contribution in [0.5, 0.6) is 0 Å². The highest BCUT2D eigenvalue weighted by Gasteiger charge is 2.09. The predicted molar refractivity (Wildman–Crippen MR) is 59.4 cm³/mol. The van der Waals surface area contributed by atoms with Crippen LogP contribution in [0.1, 0.15) is 6.92 Å². The Morgan fingerprint density at radius 2 is 2.06 bits per heavy atom. The van der Waals surface area contributed by atoms with Gasteiger partial charge in [-0.15, -0.1) is 10.2 Å². The van der Waals surface area contributed by atoms with Gasteiger partial charge < -0.3 is 5.32 Å². The molecule has 1 N–H and O–H groups in total. The van der Waals surface area contributed by atoms with Crippen molar-refractivity contribution in [1.29, 1.82) is 0 Å². The van der Waals surface area contributed by atoms with Gasteiger partial charge in [-0.1, -0.05) is 11.3 Å². The van der Waals surface area contributed by atoms with Crippen molar-refractivity contribution in [1.82, 2.24) is 10.2 Å². The first-order chi connectivity index (χ1) is 7.70. The molecule has 0 aliphatic rings. The van der Waals surface area contributed by atoms with Gasteiger partial charge in [0.2, 0.25) is 5.13 Å². The summed E-state index contributed by atoms with van der Waals surface area (Å²) in [5, 5.41) is 12.0. The largest absolute Gasteiger partial charge is 0.360 e. The molecule has 0 atom stereocenters. The van der Waals surface area contributed by atoms with Gasteiger partial charge in [-0.25, -0.2) is 8.78 Å². The minimum atomic E-state index is -0.877. The van der Waals surface area contributed by atoms with Gasteiger partial charge in [0.15, 0.2) is 11.6 Å². The first kappa shape index (κ1) is 10.9. The van der Waals surface area contributed by atoms with Gasteiger partial charge >= 0.3 is 0 Å². The molecule has 0 saturated heterocycles. The van der Waals surface area contributed by atoms with Gasteiger partial charge in [-0.05, 0) is 25.1 Å². The zero-order valence-corrected chi connectivity index (χ0v) is 9.31. The van der Waals surface area contributed by atoms with Crippen molar-refractivity contribution in [2.45, 2.75) is 6.92 Å². The normalized spacial score (nSPS) is 10.4. The summed E-state index contributed by atoms with van der Waals surface area (Å²) in [7, 11) is 0. The van der Waals surface area contributed by atoms with Gasteiger partial charge in [0.05, 0.1) is 0 Å². The van der Waals surface area contributed by atoms with Crippen LogP contribution >= 0.6 is 11.3 Å². The van der Waals surface area contributed by atoms with E-state index in [-0.39, 0.29) is 0 Å². The van der Waals surface area contributed by atoms with Crippen LogP contribution in [-0.4, -0.2) is 16.7 Å². The highest BCUT2D eigenvalue weighted by molar-refractivity contribution is 7.18. The molecule has 2 aromatic rings. The molecule has 0 aliphatic carbocycles. The Morgan fingerprint density at radius 1 is 1.25 bits per heavy atom. The van der Waals surface area contributed by atoms with Crippen LogP contribution < -0.4 is 5.32 Å². The second-order valence-electron chi connectivity index (χ2n) is 3.07. The van der Waals surface area contributed by atoms with E-state index in [1.807, 2.05) is 6.92 Å². The number of nitrogens with zero attached hydrogens (tertiary/aromatic N) is 2. The summed E-state index contributed by atoms with van der Waals surface area (Å²) in [4.78, 5) is 0. The summed E-state index contributed by atoms with van der Waals surface area (Å²) in [6, 6.07) is 3.68. The van der Waals surface area contributed by atoms with E-state index < -0.39 is 11.6 Å². The zero-order chi connectivity index (χ0) is 11.5. The first-order valence-electron chi connectivity index (χ1n) is 4.73. The van der Waals surface area contributed by atoms with Crippen molar-refractivity contribution in [3.05, 3.63) is 29.8 Å². The molecule has 6 heteroatoms. The van der Waals surface area contributed by atoms with Crippen LogP contribution in [0.3, 0.4) is 0 Å². The fourth-order valence-corrected chi connectivity index (χ4v) is 2.00. The van der Waals surface area contributed by atoms with Crippen LogP contribution in [0, 0.1) is 11.6 Å². The number of hydrogen-bond acceptors (Lipinski definition) is 4. The fourth-order valence-electron chi connectivity index (χ4n) is 1.19. The third-order valence-electron chi connectivity index (χ3n) is 1.92. The lowest BCUT2D eigenvalue weighted by Crippen LogP contribution is -1.94. The fraction of sp³-hybridized carbons (Fsp3) is 0.200. The average Bonchev–Trinajstić information content (AvgIpc) is 2.71. The lowest BCUT2D eigenvalue weighted by Gasteiger charge is -1.96. The molecule has 1 aromatic heterocycles. The number of halogens is 2. The Kier molecular flexibility index (Phi) is 3.09. The molecule has 0 spiro atoms. The molecule has 84 valence electrons. The van der Waals surface area contributed by atoms with Crippen LogP contribution in [0.25, 0.3) is 10.6 Å². The topological polar surface area (TPSA) is 37.8 Å². The van der Waals surface area contributed by atoms with Crippen molar-refractivity contribution < 1.29 is 8.78 Å². The van der Waals surface area contributed by atoms with E-state index in [0.29, 0.717) is 15.7 Å². The second-order valence-corrected chi connectivity index (χ2v) is 4.05. The van der Waals surface area contributed by atoms with Crippen molar-refractivity contribution in [3.63, 3.8) is 0 Å². The van der Waals surface area contributed by atoms with Gasteiger partial charge in [0.25, 0.3) is 0 Å². The predicted octanol–water partition coefficient (Wildman–Crippen LogP) is 2.92. The van der Waals surface area contributed by atoms with Gasteiger partial charge in [0.1, 0.15) is 5.01 Å². The maximum Gasteiger partial charge on any atom is 0.205 e. The third-order valence-corrected chi connectivity index (χ3v) is 2.85. The maximum absolute atomic E-state index is 13.0. The van der Waals surface area contributed by atoms with E-state index in [2.05, 4.69) is 15.5 Å². The molecular formula is C10H9F2N3S. The highest BCUT2D eigenvalue weighted by atomic mass is 32.1. The van der Waals surface area contributed by atoms with E-state index in [0.717, 1.165) is 18.7 Å². The molecule has 0 unspecified atom stereocenters. The van der Waals surface area contributed by atoms with Crippen molar-refractivity contribution in [3.8, 4) is 10.6 Å². The lowest BCUT2D eigenvalue weighted by atomic mass is 10.2. The standard InChI is InChI=1S/C10H9F2N3S/c1-2-13-10-15-14-9(16-10)6-3-4-7(11)8(12)5-6/h3-5H,2H2,1H3,(H,13,15). The van der Waals surface area contributed by atoms with Crippen molar-refractivity contribution >= 4 is 16.5 Å². The van der Waals surface area contributed by atoms with Gasteiger partial charge in [-0.2, -0.15) is 0 Å². The van der Waals surface area contributed by atoms with Crippen LogP contribution in [0.2, 0.25) is 0 Å². The van der Waals surface area contributed by atoms with E-state index in [9.17, 15) is 8.78 Å². The van der Waals surface area contributed by atoms with E-state index in [1.165, 1.54) is 17.4 Å².